The van der Waals surface area contributed by atoms with Crippen LogP contribution in [0.4, 0.5) is 0 Å². The molecular formula is C15H25N3O3S. The Bertz CT molecular complexity index is 600. The maximum atomic E-state index is 11.8. The van der Waals surface area contributed by atoms with Crippen LogP contribution in [0, 0.1) is 6.92 Å². The molecule has 6 nitrogen and oxygen atoms in total. The fourth-order valence-electron chi connectivity index (χ4n) is 2.18. The molecule has 0 saturated carbocycles. The number of nitrogens with zero attached hydrogens (tertiary/aromatic N) is 1. The van der Waals surface area contributed by atoms with Gasteiger partial charge in [-0.15, -0.1) is 0 Å². The Morgan fingerprint density at radius 1 is 1.27 bits per heavy atom. The average Bonchev–Trinajstić information content (AvgIpc) is 2.39. The van der Waals surface area contributed by atoms with E-state index in [1.54, 1.807) is 0 Å². The number of carbonyl (C=O) groups excluding carboxylic acids is 1. The lowest BCUT2D eigenvalue weighted by Crippen LogP contribution is -2.36. The van der Waals surface area contributed by atoms with Gasteiger partial charge in [0.15, 0.2) is 0 Å². The zero-order valence-corrected chi connectivity index (χ0v) is 14.4. The van der Waals surface area contributed by atoms with Crippen molar-refractivity contribution >= 4 is 15.9 Å². The van der Waals surface area contributed by atoms with Crippen molar-refractivity contribution in [3.05, 3.63) is 35.4 Å². The zero-order chi connectivity index (χ0) is 16.8. The Balaban J connectivity index is 2.55. The molecular weight excluding hydrogens is 302 g/mol. The summed E-state index contributed by atoms with van der Waals surface area (Å²) in [5.74, 6) is -0.170. The number of amides is 1. The largest absolute Gasteiger partial charge is 0.354 e. The van der Waals surface area contributed by atoms with Crippen molar-refractivity contribution < 1.29 is 13.2 Å². The van der Waals surface area contributed by atoms with E-state index in [1.165, 1.54) is 11.1 Å². The molecule has 0 aliphatic carbocycles. The summed E-state index contributed by atoms with van der Waals surface area (Å²) in [7, 11) is 0.682. The number of nitrogens with one attached hydrogen (secondary N) is 2. The zero-order valence-electron chi connectivity index (χ0n) is 13.6. The van der Waals surface area contributed by atoms with Gasteiger partial charge >= 0.3 is 0 Å². The standard InChI is InChI=1S/C15H25N3O3S/c1-12-7-5-6-8-13(12)14(18(2)3)11-16-15(19)9-10-17-22(4,20)21/h5-8,14,17H,9-11H2,1-4H3,(H,16,19). The summed E-state index contributed by atoms with van der Waals surface area (Å²) >= 11 is 0. The van der Waals surface area contributed by atoms with Gasteiger partial charge in [0, 0.05) is 19.5 Å². The molecule has 1 aromatic carbocycles. The Morgan fingerprint density at radius 3 is 2.45 bits per heavy atom. The van der Waals surface area contributed by atoms with Gasteiger partial charge < -0.3 is 10.2 Å². The van der Waals surface area contributed by atoms with E-state index in [4.69, 9.17) is 0 Å². The molecule has 124 valence electrons. The van der Waals surface area contributed by atoms with Gasteiger partial charge in [0.25, 0.3) is 0 Å². The summed E-state index contributed by atoms with van der Waals surface area (Å²) in [6, 6.07) is 8.15. The summed E-state index contributed by atoms with van der Waals surface area (Å²) in [5.41, 5.74) is 2.34. The molecule has 0 heterocycles. The van der Waals surface area contributed by atoms with Crippen molar-refractivity contribution in [2.75, 3.05) is 33.4 Å². The smallest absolute Gasteiger partial charge is 0.221 e. The summed E-state index contributed by atoms with van der Waals surface area (Å²) in [6.07, 6.45) is 1.20. The lowest BCUT2D eigenvalue weighted by Gasteiger charge is -2.26. The summed E-state index contributed by atoms with van der Waals surface area (Å²) in [5, 5.41) is 2.86. The summed E-state index contributed by atoms with van der Waals surface area (Å²) < 4.78 is 24.2. The number of likely N-dealkylation sites (N-methyl/N-ethyl adjacent to an activating group) is 1. The monoisotopic (exact) mass is 327 g/mol. The molecule has 7 heteroatoms. The van der Waals surface area contributed by atoms with E-state index in [9.17, 15) is 13.2 Å². The summed E-state index contributed by atoms with van der Waals surface area (Å²) in [4.78, 5) is 13.9. The molecule has 1 amide bonds. The Labute approximate surface area is 132 Å². The second-order valence-electron chi connectivity index (χ2n) is 5.56. The van der Waals surface area contributed by atoms with E-state index >= 15 is 0 Å². The molecule has 1 unspecified atom stereocenters. The number of rotatable bonds is 8. The van der Waals surface area contributed by atoms with Crippen molar-refractivity contribution in [3.63, 3.8) is 0 Å². The topological polar surface area (TPSA) is 78.5 Å². The number of aryl methyl sites for hydroxylation is 1. The van der Waals surface area contributed by atoms with E-state index < -0.39 is 10.0 Å². The second kappa shape index (κ2) is 8.26. The van der Waals surface area contributed by atoms with Crippen molar-refractivity contribution in [2.24, 2.45) is 0 Å². The lowest BCUT2D eigenvalue weighted by atomic mass is 10.0. The fraction of sp³-hybridized carbons (Fsp3) is 0.533. The minimum absolute atomic E-state index is 0.0769. The Kier molecular flexibility index (Phi) is 6.99. The molecule has 22 heavy (non-hydrogen) atoms. The Hall–Kier alpha value is -1.44. The highest BCUT2D eigenvalue weighted by Gasteiger charge is 2.16. The third-order valence-electron chi connectivity index (χ3n) is 3.38. The minimum Gasteiger partial charge on any atom is -0.354 e. The van der Waals surface area contributed by atoms with Gasteiger partial charge in [-0.1, -0.05) is 24.3 Å². The normalized spacial score (nSPS) is 13.1. The highest BCUT2D eigenvalue weighted by molar-refractivity contribution is 7.88. The number of hydrogen-bond acceptors (Lipinski definition) is 4. The molecule has 2 N–H and O–H groups in total. The van der Waals surface area contributed by atoms with Crippen LogP contribution in [0.5, 0.6) is 0 Å². The van der Waals surface area contributed by atoms with E-state index in [2.05, 4.69) is 21.0 Å². The van der Waals surface area contributed by atoms with Crippen molar-refractivity contribution in [2.45, 2.75) is 19.4 Å². The molecule has 0 aliphatic heterocycles. The molecule has 0 aromatic heterocycles. The molecule has 0 spiro atoms. The van der Waals surface area contributed by atoms with E-state index in [0.29, 0.717) is 6.54 Å². The van der Waals surface area contributed by atoms with Crippen LogP contribution in [0.15, 0.2) is 24.3 Å². The molecule has 1 atom stereocenters. The number of benzene rings is 1. The average molecular weight is 327 g/mol. The molecule has 0 aliphatic rings. The predicted molar refractivity (Wildman–Crippen MR) is 88.1 cm³/mol. The maximum absolute atomic E-state index is 11.8. The van der Waals surface area contributed by atoms with E-state index in [-0.39, 0.29) is 24.9 Å². The second-order valence-corrected chi connectivity index (χ2v) is 7.39. The minimum atomic E-state index is -3.25. The number of hydrogen-bond donors (Lipinski definition) is 2. The SMILES string of the molecule is Cc1ccccc1C(CNC(=O)CCNS(C)(=O)=O)N(C)C. The Morgan fingerprint density at radius 2 is 1.91 bits per heavy atom. The number of sulfonamides is 1. The quantitative estimate of drug-likeness (QED) is 0.735. The molecule has 1 rings (SSSR count). The van der Waals surface area contributed by atoms with Crippen molar-refractivity contribution in [3.8, 4) is 0 Å². The van der Waals surface area contributed by atoms with Crippen LogP contribution in [0.1, 0.15) is 23.6 Å². The van der Waals surface area contributed by atoms with Gasteiger partial charge in [-0.3, -0.25) is 4.79 Å². The maximum Gasteiger partial charge on any atom is 0.221 e. The summed E-state index contributed by atoms with van der Waals surface area (Å²) in [6.45, 7) is 2.64. The predicted octanol–water partition coefficient (Wildman–Crippen LogP) is 0.653. The highest BCUT2D eigenvalue weighted by Crippen LogP contribution is 2.20. The molecule has 0 bridgehead atoms. The van der Waals surface area contributed by atoms with Gasteiger partial charge in [0.05, 0.1) is 12.3 Å². The third kappa shape index (κ3) is 6.55. The first-order valence-corrected chi connectivity index (χ1v) is 9.03. The van der Waals surface area contributed by atoms with Crippen LogP contribution in [0.3, 0.4) is 0 Å². The lowest BCUT2D eigenvalue weighted by molar-refractivity contribution is -0.121. The van der Waals surface area contributed by atoms with Crippen molar-refractivity contribution in [1.82, 2.24) is 14.9 Å². The highest BCUT2D eigenvalue weighted by atomic mass is 32.2. The van der Waals surface area contributed by atoms with Crippen LogP contribution in [0.2, 0.25) is 0 Å². The van der Waals surface area contributed by atoms with Crippen LogP contribution < -0.4 is 10.0 Å². The fourth-order valence-corrected chi connectivity index (χ4v) is 2.65. The van der Waals surface area contributed by atoms with Gasteiger partial charge in [-0.05, 0) is 32.1 Å². The van der Waals surface area contributed by atoms with Crippen LogP contribution in [-0.4, -0.2) is 52.7 Å². The van der Waals surface area contributed by atoms with Crippen LogP contribution >= 0.6 is 0 Å². The first kappa shape index (κ1) is 18.6. The molecule has 0 saturated heterocycles. The van der Waals surface area contributed by atoms with Crippen molar-refractivity contribution in [1.29, 1.82) is 0 Å². The molecule has 0 fully saturated rings. The van der Waals surface area contributed by atoms with E-state index in [1.807, 2.05) is 39.2 Å². The van der Waals surface area contributed by atoms with E-state index in [0.717, 1.165) is 6.26 Å². The first-order chi connectivity index (χ1) is 10.2. The van der Waals surface area contributed by atoms with Gasteiger partial charge in [-0.25, -0.2) is 13.1 Å². The first-order valence-electron chi connectivity index (χ1n) is 7.14. The molecule has 1 aromatic rings. The molecule has 0 radical (unpaired) electrons. The van der Waals surface area contributed by atoms with Gasteiger partial charge in [0.2, 0.25) is 15.9 Å². The van der Waals surface area contributed by atoms with Crippen LogP contribution in [0.25, 0.3) is 0 Å². The third-order valence-corrected chi connectivity index (χ3v) is 4.11. The van der Waals surface area contributed by atoms with Crippen LogP contribution in [-0.2, 0) is 14.8 Å². The number of carbonyl (C=O) groups is 1. The van der Waals surface area contributed by atoms with Gasteiger partial charge in [0.1, 0.15) is 0 Å². The van der Waals surface area contributed by atoms with Gasteiger partial charge in [-0.2, -0.15) is 0 Å².